The van der Waals surface area contributed by atoms with Crippen LogP contribution in [-0.4, -0.2) is 25.5 Å². The number of fused-ring (bicyclic) bond motifs is 1. The average molecular weight is 307 g/mol. The van der Waals surface area contributed by atoms with Crippen LogP contribution in [-0.2, 0) is 6.54 Å². The fourth-order valence-corrected chi connectivity index (χ4v) is 4.44. The first-order valence-electron chi connectivity index (χ1n) is 7.24. The molecule has 0 spiro atoms. The number of hydrogen-bond donors (Lipinski definition) is 1. The molecule has 0 bridgehead atoms. The molecule has 1 saturated carbocycles. The summed E-state index contributed by atoms with van der Waals surface area (Å²) in [5, 5.41) is 0. The Morgan fingerprint density at radius 2 is 2.15 bits per heavy atom. The molecule has 108 valence electrons. The van der Waals surface area contributed by atoms with Gasteiger partial charge in [-0.2, -0.15) is 11.8 Å². The van der Waals surface area contributed by atoms with Crippen LogP contribution in [0.2, 0.25) is 0 Å². The van der Waals surface area contributed by atoms with Crippen molar-refractivity contribution in [3.8, 4) is 0 Å². The quantitative estimate of drug-likeness (QED) is 0.850. The molecule has 5 heteroatoms. The lowest BCUT2D eigenvalue weighted by Crippen LogP contribution is -2.33. The molecule has 0 aromatic carbocycles. The molecule has 2 aromatic heterocycles. The molecule has 1 fully saturated rings. The van der Waals surface area contributed by atoms with Gasteiger partial charge in [0.1, 0.15) is 0 Å². The number of H-pyrrole nitrogens is 1. The van der Waals surface area contributed by atoms with E-state index in [-0.39, 0.29) is 0 Å². The Balaban J connectivity index is 2.04. The number of aromatic amines is 1. The van der Waals surface area contributed by atoms with Crippen molar-refractivity contribution in [2.24, 2.45) is 0 Å². The van der Waals surface area contributed by atoms with E-state index in [0.717, 1.165) is 22.5 Å². The van der Waals surface area contributed by atoms with E-state index in [1.54, 1.807) is 0 Å². The van der Waals surface area contributed by atoms with Crippen LogP contribution < -0.4 is 0 Å². The van der Waals surface area contributed by atoms with Gasteiger partial charge < -0.3 is 9.55 Å². The van der Waals surface area contributed by atoms with Crippen LogP contribution in [0.15, 0.2) is 12.3 Å². The summed E-state index contributed by atoms with van der Waals surface area (Å²) in [5.41, 5.74) is 3.31. The third-order valence-corrected chi connectivity index (χ3v) is 6.24. The van der Waals surface area contributed by atoms with Gasteiger partial charge in [0.05, 0.1) is 5.52 Å². The number of imidazole rings is 1. The summed E-state index contributed by atoms with van der Waals surface area (Å²) in [6, 6.07) is 2.03. The molecule has 20 heavy (non-hydrogen) atoms. The largest absolute Gasteiger partial charge is 0.329 e. The highest BCUT2D eigenvalue weighted by Gasteiger charge is 2.32. The summed E-state index contributed by atoms with van der Waals surface area (Å²) in [5.74, 6) is 0. The molecular weight excluding hydrogens is 286 g/mol. The number of aromatic nitrogens is 3. The number of nitrogens with one attached hydrogen (secondary N) is 1. The minimum absolute atomic E-state index is 0.330. The first kappa shape index (κ1) is 14.1. The lowest BCUT2D eigenvalue weighted by molar-refractivity contribution is 0.360. The Hall–Kier alpha value is -0.810. The van der Waals surface area contributed by atoms with Crippen molar-refractivity contribution in [1.29, 1.82) is 0 Å². The lowest BCUT2D eigenvalue weighted by Gasteiger charge is -2.36. The highest BCUT2D eigenvalue weighted by Crippen LogP contribution is 2.40. The number of aryl methyl sites for hydroxylation is 1. The SMILES string of the molecule is CSC1(Cn2c(=S)[nH]c3c(C)ccnc32)CCCCC1. The monoisotopic (exact) mass is 307 g/mol. The Bertz CT molecular complexity index is 665. The van der Waals surface area contributed by atoms with Crippen molar-refractivity contribution in [1.82, 2.24) is 14.5 Å². The van der Waals surface area contributed by atoms with E-state index in [4.69, 9.17) is 12.2 Å². The number of rotatable bonds is 3. The molecular formula is C15H21N3S2. The minimum atomic E-state index is 0.330. The molecule has 0 saturated heterocycles. The van der Waals surface area contributed by atoms with Gasteiger partial charge in [-0.25, -0.2) is 4.98 Å². The Morgan fingerprint density at radius 3 is 2.85 bits per heavy atom. The second kappa shape index (κ2) is 5.53. The summed E-state index contributed by atoms with van der Waals surface area (Å²) in [6.45, 7) is 3.08. The van der Waals surface area contributed by atoms with Crippen molar-refractivity contribution >= 4 is 35.1 Å². The average Bonchev–Trinajstić information content (AvgIpc) is 2.78. The topological polar surface area (TPSA) is 33.6 Å². The Labute approximate surface area is 129 Å². The lowest BCUT2D eigenvalue weighted by atomic mass is 9.88. The third kappa shape index (κ3) is 2.42. The van der Waals surface area contributed by atoms with E-state index in [0.29, 0.717) is 4.75 Å². The maximum Gasteiger partial charge on any atom is 0.179 e. The fourth-order valence-electron chi connectivity index (χ4n) is 3.23. The van der Waals surface area contributed by atoms with Gasteiger partial charge in [-0.15, -0.1) is 0 Å². The maximum atomic E-state index is 5.54. The standard InChI is InChI=1S/C15H21N3S2/c1-11-6-9-16-13-12(11)17-14(19)18(13)10-15(20-2)7-4-3-5-8-15/h6,9H,3-5,7-8,10H2,1-2H3,(H,17,19). The van der Waals surface area contributed by atoms with Gasteiger partial charge in [0.2, 0.25) is 0 Å². The van der Waals surface area contributed by atoms with E-state index >= 15 is 0 Å². The summed E-state index contributed by atoms with van der Waals surface area (Å²) < 4.78 is 3.34. The van der Waals surface area contributed by atoms with E-state index < -0.39 is 0 Å². The van der Waals surface area contributed by atoms with Crippen molar-refractivity contribution in [2.45, 2.75) is 50.3 Å². The highest BCUT2D eigenvalue weighted by atomic mass is 32.2. The van der Waals surface area contributed by atoms with Crippen LogP contribution in [0.4, 0.5) is 0 Å². The van der Waals surface area contributed by atoms with Crippen molar-refractivity contribution in [3.63, 3.8) is 0 Å². The van der Waals surface area contributed by atoms with Crippen LogP contribution in [0.5, 0.6) is 0 Å². The normalized spacial score (nSPS) is 18.5. The van der Waals surface area contributed by atoms with E-state index in [9.17, 15) is 0 Å². The van der Waals surface area contributed by atoms with Crippen molar-refractivity contribution in [2.75, 3.05) is 6.26 Å². The number of nitrogens with zero attached hydrogens (tertiary/aromatic N) is 2. The van der Waals surface area contributed by atoms with Gasteiger partial charge in [0.25, 0.3) is 0 Å². The molecule has 1 N–H and O–H groups in total. The predicted octanol–water partition coefficient (Wildman–Crippen LogP) is 4.47. The molecule has 3 rings (SSSR count). The van der Waals surface area contributed by atoms with E-state index in [2.05, 4.69) is 27.7 Å². The van der Waals surface area contributed by atoms with Gasteiger partial charge >= 0.3 is 0 Å². The molecule has 0 amide bonds. The summed E-state index contributed by atoms with van der Waals surface area (Å²) >= 11 is 7.54. The Morgan fingerprint density at radius 1 is 1.40 bits per heavy atom. The zero-order chi connectivity index (χ0) is 14.2. The zero-order valence-corrected chi connectivity index (χ0v) is 13.7. The van der Waals surface area contributed by atoms with Crippen LogP contribution in [0, 0.1) is 11.7 Å². The highest BCUT2D eigenvalue weighted by molar-refractivity contribution is 8.00. The maximum absolute atomic E-state index is 5.54. The molecule has 1 aliphatic carbocycles. The first-order valence-corrected chi connectivity index (χ1v) is 8.88. The van der Waals surface area contributed by atoms with Gasteiger partial charge in [-0.3, -0.25) is 0 Å². The van der Waals surface area contributed by atoms with Gasteiger partial charge in [0.15, 0.2) is 10.4 Å². The Kier molecular flexibility index (Phi) is 3.91. The van der Waals surface area contributed by atoms with Gasteiger partial charge in [-0.1, -0.05) is 19.3 Å². The molecule has 1 aliphatic rings. The molecule has 2 heterocycles. The van der Waals surface area contributed by atoms with Crippen molar-refractivity contribution < 1.29 is 0 Å². The second-order valence-electron chi connectivity index (χ2n) is 5.79. The minimum Gasteiger partial charge on any atom is -0.329 e. The molecule has 2 aromatic rings. The van der Waals surface area contributed by atoms with Gasteiger partial charge in [-0.05, 0) is 49.9 Å². The van der Waals surface area contributed by atoms with Crippen molar-refractivity contribution in [3.05, 3.63) is 22.6 Å². The summed E-state index contributed by atoms with van der Waals surface area (Å²) in [4.78, 5) is 7.88. The van der Waals surface area contributed by atoms with Crippen LogP contribution >= 0.6 is 24.0 Å². The smallest absolute Gasteiger partial charge is 0.179 e. The number of pyridine rings is 1. The third-order valence-electron chi connectivity index (χ3n) is 4.52. The van der Waals surface area contributed by atoms with Crippen LogP contribution in [0.25, 0.3) is 11.2 Å². The van der Waals surface area contributed by atoms with Gasteiger partial charge in [0, 0.05) is 17.5 Å². The zero-order valence-electron chi connectivity index (χ0n) is 12.1. The van der Waals surface area contributed by atoms with E-state index in [1.807, 2.05) is 24.0 Å². The molecule has 0 radical (unpaired) electrons. The predicted molar refractivity (Wildman–Crippen MR) is 89.0 cm³/mol. The first-order chi connectivity index (χ1) is 9.65. The second-order valence-corrected chi connectivity index (χ2v) is 7.45. The summed E-state index contributed by atoms with van der Waals surface area (Å²) in [6.07, 6.45) is 10.7. The fraction of sp³-hybridized carbons (Fsp3) is 0.600. The molecule has 0 aliphatic heterocycles. The molecule has 0 atom stereocenters. The molecule has 0 unspecified atom stereocenters. The number of thioether (sulfide) groups is 1. The summed E-state index contributed by atoms with van der Waals surface area (Å²) in [7, 11) is 0. The molecule has 3 nitrogen and oxygen atoms in total. The van der Waals surface area contributed by atoms with Crippen LogP contribution in [0.1, 0.15) is 37.7 Å². The number of hydrogen-bond acceptors (Lipinski definition) is 3. The van der Waals surface area contributed by atoms with Crippen LogP contribution in [0.3, 0.4) is 0 Å². The van der Waals surface area contributed by atoms with E-state index in [1.165, 1.54) is 37.7 Å².